The van der Waals surface area contributed by atoms with Crippen LogP contribution in [-0.4, -0.2) is 30.7 Å². The van der Waals surface area contributed by atoms with Crippen molar-refractivity contribution in [3.63, 3.8) is 0 Å². The van der Waals surface area contributed by atoms with Gasteiger partial charge in [0.15, 0.2) is 0 Å². The van der Waals surface area contributed by atoms with Crippen molar-refractivity contribution < 1.29 is 9.66 Å². The van der Waals surface area contributed by atoms with E-state index in [0.717, 1.165) is 25.2 Å². The summed E-state index contributed by atoms with van der Waals surface area (Å²) < 4.78 is 5.63. The number of aryl methyl sites for hydroxylation is 1. The zero-order valence-electron chi connectivity index (χ0n) is 11.0. The van der Waals surface area contributed by atoms with Crippen LogP contribution < -0.4 is 4.90 Å². The fourth-order valence-electron chi connectivity index (χ4n) is 2.34. The lowest BCUT2D eigenvalue weighted by Gasteiger charge is -2.19. The lowest BCUT2D eigenvalue weighted by atomic mass is 10.1. The second-order valence-corrected chi connectivity index (χ2v) is 4.71. The molecule has 1 atom stereocenters. The van der Waals surface area contributed by atoms with Gasteiger partial charge < -0.3 is 9.64 Å². The van der Waals surface area contributed by atoms with Crippen LogP contribution in [0.4, 0.5) is 11.4 Å². The molecular formula is C14H18N2O3. The minimum absolute atomic E-state index is 0.169. The Kier molecular flexibility index (Phi) is 4.16. The third-order valence-electron chi connectivity index (χ3n) is 3.34. The minimum atomic E-state index is -0.348. The number of hydrogen-bond donors (Lipinski definition) is 0. The summed E-state index contributed by atoms with van der Waals surface area (Å²) in [5, 5.41) is 10.8. The number of rotatable bonds is 5. The third kappa shape index (κ3) is 3.12. The van der Waals surface area contributed by atoms with Gasteiger partial charge in [-0.2, -0.15) is 0 Å². The SMILES string of the molecule is C=CCOC1CCN(c2ccc([N+](=O)[O-])c(C)c2)C1. The Bertz CT molecular complexity index is 488. The van der Waals surface area contributed by atoms with Gasteiger partial charge in [-0.05, 0) is 25.5 Å². The summed E-state index contributed by atoms with van der Waals surface area (Å²) in [7, 11) is 0. The molecule has 0 saturated carbocycles. The summed E-state index contributed by atoms with van der Waals surface area (Å²) in [5.74, 6) is 0. The molecule has 1 heterocycles. The van der Waals surface area contributed by atoms with Crippen molar-refractivity contribution >= 4 is 11.4 Å². The summed E-state index contributed by atoms with van der Waals surface area (Å²) >= 11 is 0. The largest absolute Gasteiger partial charge is 0.372 e. The fraction of sp³-hybridized carbons (Fsp3) is 0.429. The summed E-state index contributed by atoms with van der Waals surface area (Å²) in [6, 6.07) is 5.25. The highest BCUT2D eigenvalue weighted by Crippen LogP contribution is 2.27. The van der Waals surface area contributed by atoms with E-state index in [4.69, 9.17) is 4.74 Å². The van der Waals surface area contributed by atoms with Crippen LogP contribution in [0.3, 0.4) is 0 Å². The molecule has 0 spiro atoms. The van der Waals surface area contributed by atoms with E-state index in [2.05, 4.69) is 11.5 Å². The highest BCUT2D eigenvalue weighted by atomic mass is 16.6. The molecule has 1 aromatic rings. The maximum atomic E-state index is 10.8. The molecule has 5 heteroatoms. The van der Waals surface area contributed by atoms with E-state index in [-0.39, 0.29) is 16.7 Å². The third-order valence-corrected chi connectivity index (χ3v) is 3.34. The lowest BCUT2D eigenvalue weighted by Crippen LogP contribution is -2.23. The van der Waals surface area contributed by atoms with Crippen LogP contribution in [0.2, 0.25) is 0 Å². The van der Waals surface area contributed by atoms with Crippen molar-refractivity contribution in [1.82, 2.24) is 0 Å². The normalized spacial score (nSPS) is 18.6. The van der Waals surface area contributed by atoms with Gasteiger partial charge in [-0.15, -0.1) is 6.58 Å². The molecule has 2 rings (SSSR count). The first-order valence-electron chi connectivity index (χ1n) is 6.34. The summed E-state index contributed by atoms with van der Waals surface area (Å²) in [6.07, 6.45) is 2.94. The molecule has 0 aliphatic carbocycles. The van der Waals surface area contributed by atoms with Crippen LogP contribution in [0.5, 0.6) is 0 Å². The Balaban J connectivity index is 2.05. The Labute approximate surface area is 112 Å². The quantitative estimate of drug-likeness (QED) is 0.465. The number of nitro groups is 1. The van der Waals surface area contributed by atoms with Crippen LogP contribution in [0.15, 0.2) is 30.9 Å². The molecule has 1 saturated heterocycles. The van der Waals surface area contributed by atoms with Crippen molar-refractivity contribution in [2.45, 2.75) is 19.4 Å². The van der Waals surface area contributed by atoms with Gasteiger partial charge in [0.2, 0.25) is 0 Å². The zero-order valence-corrected chi connectivity index (χ0v) is 11.0. The standard InChI is InChI=1S/C14H18N2O3/c1-3-8-19-13-6-7-15(10-13)12-4-5-14(16(17)18)11(2)9-12/h3-5,9,13H,1,6-8,10H2,2H3. The second kappa shape index (κ2) is 5.84. The first-order chi connectivity index (χ1) is 9.11. The van der Waals surface area contributed by atoms with Crippen LogP contribution in [0.1, 0.15) is 12.0 Å². The van der Waals surface area contributed by atoms with Crippen LogP contribution in [0.25, 0.3) is 0 Å². The van der Waals surface area contributed by atoms with E-state index in [1.165, 1.54) is 0 Å². The first-order valence-corrected chi connectivity index (χ1v) is 6.34. The van der Waals surface area contributed by atoms with E-state index in [1.54, 1.807) is 25.1 Å². The molecule has 0 N–H and O–H groups in total. The highest BCUT2D eigenvalue weighted by molar-refractivity contribution is 5.55. The monoisotopic (exact) mass is 262 g/mol. The average Bonchev–Trinajstić information content (AvgIpc) is 2.84. The minimum Gasteiger partial charge on any atom is -0.372 e. The van der Waals surface area contributed by atoms with Gasteiger partial charge in [-0.3, -0.25) is 10.1 Å². The molecule has 1 aromatic carbocycles. The van der Waals surface area contributed by atoms with Crippen molar-refractivity contribution in [2.75, 3.05) is 24.6 Å². The molecule has 0 aromatic heterocycles. The van der Waals surface area contributed by atoms with E-state index < -0.39 is 0 Å². The number of anilines is 1. The molecule has 1 aliphatic rings. The second-order valence-electron chi connectivity index (χ2n) is 4.71. The highest BCUT2D eigenvalue weighted by Gasteiger charge is 2.24. The average molecular weight is 262 g/mol. The van der Waals surface area contributed by atoms with Crippen LogP contribution >= 0.6 is 0 Å². The van der Waals surface area contributed by atoms with Gasteiger partial charge in [0.25, 0.3) is 5.69 Å². The van der Waals surface area contributed by atoms with Crippen molar-refractivity contribution in [2.24, 2.45) is 0 Å². The molecule has 0 radical (unpaired) electrons. The van der Waals surface area contributed by atoms with Crippen LogP contribution in [-0.2, 0) is 4.74 Å². The molecule has 1 fully saturated rings. The lowest BCUT2D eigenvalue weighted by molar-refractivity contribution is -0.385. The Morgan fingerprint density at radius 2 is 2.42 bits per heavy atom. The molecule has 102 valence electrons. The zero-order chi connectivity index (χ0) is 13.8. The van der Waals surface area contributed by atoms with E-state index in [1.807, 2.05) is 6.07 Å². The summed E-state index contributed by atoms with van der Waals surface area (Å²) in [6.45, 7) is 7.71. The topological polar surface area (TPSA) is 55.6 Å². The smallest absolute Gasteiger partial charge is 0.272 e. The molecule has 5 nitrogen and oxygen atoms in total. The Morgan fingerprint density at radius 1 is 1.63 bits per heavy atom. The van der Waals surface area contributed by atoms with Gasteiger partial charge >= 0.3 is 0 Å². The van der Waals surface area contributed by atoms with Crippen molar-refractivity contribution in [3.8, 4) is 0 Å². The molecule has 19 heavy (non-hydrogen) atoms. The number of ether oxygens (including phenoxy) is 1. The molecule has 0 bridgehead atoms. The van der Waals surface area contributed by atoms with E-state index in [9.17, 15) is 10.1 Å². The summed E-state index contributed by atoms with van der Waals surface area (Å²) in [5.41, 5.74) is 1.88. The molecular weight excluding hydrogens is 244 g/mol. The maximum absolute atomic E-state index is 10.8. The number of benzene rings is 1. The van der Waals surface area contributed by atoms with Gasteiger partial charge in [0.05, 0.1) is 17.6 Å². The number of hydrogen-bond acceptors (Lipinski definition) is 4. The van der Waals surface area contributed by atoms with E-state index in [0.29, 0.717) is 12.2 Å². The van der Waals surface area contributed by atoms with Gasteiger partial charge in [0, 0.05) is 30.4 Å². The maximum Gasteiger partial charge on any atom is 0.272 e. The van der Waals surface area contributed by atoms with Crippen molar-refractivity contribution in [1.29, 1.82) is 0 Å². The first kappa shape index (κ1) is 13.5. The Morgan fingerprint density at radius 3 is 3.05 bits per heavy atom. The van der Waals surface area contributed by atoms with Crippen molar-refractivity contribution in [3.05, 3.63) is 46.5 Å². The number of nitro benzene ring substituents is 1. The Hall–Kier alpha value is -1.88. The summed E-state index contributed by atoms with van der Waals surface area (Å²) in [4.78, 5) is 12.6. The van der Waals surface area contributed by atoms with Gasteiger partial charge in [0.1, 0.15) is 0 Å². The molecule has 1 aliphatic heterocycles. The predicted octanol–water partition coefficient (Wildman–Crippen LogP) is 2.68. The van der Waals surface area contributed by atoms with Gasteiger partial charge in [-0.25, -0.2) is 0 Å². The molecule has 1 unspecified atom stereocenters. The fourth-order valence-corrected chi connectivity index (χ4v) is 2.34. The van der Waals surface area contributed by atoms with Crippen LogP contribution in [0, 0.1) is 17.0 Å². The number of nitrogens with zero attached hydrogens (tertiary/aromatic N) is 2. The molecule has 0 amide bonds. The predicted molar refractivity (Wildman–Crippen MR) is 74.6 cm³/mol. The van der Waals surface area contributed by atoms with E-state index >= 15 is 0 Å². The van der Waals surface area contributed by atoms with Gasteiger partial charge in [-0.1, -0.05) is 6.08 Å².